The third-order valence-electron chi connectivity index (χ3n) is 5.57. The van der Waals surface area contributed by atoms with Crippen LogP contribution < -0.4 is 30.4 Å². The first-order valence-corrected chi connectivity index (χ1v) is 12.0. The monoisotopic (exact) mass is 490 g/mol. The molecule has 13 heteroatoms. The van der Waals surface area contributed by atoms with Crippen molar-refractivity contribution in [2.24, 2.45) is 0 Å². The van der Waals surface area contributed by atoms with Gasteiger partial charge in [-0.2, -0.15) is 9.97 Å². The maximum Gasteiger partial charge on any atom is 0.335 e. The standard InChI is InChI=1S/C21H30N8O4S/c1-12(2)22-18(30)14-6-5-8-29(14)27-19(31)26-21-23-13-7-9-28(11-15(13)34-21)16-10-17(32-3)25-20(24-16)33-4/h10,12,14H,5-9,11H2,1-4H3,(H,22,30)(H2,23,26,27,31)/t14-/m0/s1. The van der Waals surface area contributed by atoms with Crippen LogP contribution in [0, 0.1) is 0 Å². The van der Waals surface area contributed by atoms with Gasteiger partial charge < -0.3 is 19.7 Å². The average molecular weight is 491 g/mol. The molecule has 0 bridgehead atoms. The molecule has 2 aromatic heterocycles. The molecule has 0 unspecified atom stereocenters. The summed E-state index contributed by atoms with van der Waals surface area (Å²) in [4.78, 5) is 41.3. The molecule has 3 amide bonds. The van der Waals surface area contributed by atoms with Crippen LogP contribution >= 0.6 is 11.3 Å². The zero-order chi connectivity index (χ0) is 24.2. The Balaban J connectivity index is 1.38. The number of nitrogens with zero attached hydrogens (tertiary/aromatic N) is 5. The Morgan fingerprint density at radius 1 is 1.18 bits per heavy atom. The Bertz CT molecular complexity index is 1020. The number of ether oxygens (including phenoxy) is 2. The van der Waals surface area contributed by atoms with E-state index in [0.717, 1.165) is 17.0 Å². The molecule has 1 fully saturated rings. The number of carbonyl (C=O) groups excluding carboxylic acids is 2. The van der Waals surface area contributed by atoms with E-state index in [0.29, 0.717) is 49.3 Å². The number of urea groups is 1. The third-order valence-corrected chi connectivity index (χ3v) is 6.57. The maximum atomic E-state index is 12.6. The number of methoxy groups -OCH3 is 2. The van der Waals surface area contributed by atoms with Crippen molar-refractivity contribution in [3.63, 3.8) is 0 Å². The third kappa shape index (κ3) is 5.47. The van der Waals surface area contributed by atoms with E-state index < -0.39 is 6.03 Å². The molecular weight excluding hydrogens is 460 g/mol. The zero-order valence-electron chi connectivity index (χ0n) is 19.8. The van der Waals surface area contributed by atoms with E-state index in [1.54, 1.807) is 18.2 Å². The highest BCUT2D eigenvalue weighted by molar-refractivity contribution is 7.15. The summed E-state index contributed by atoms with van der Waals surface area (Å²) in [5.41, 5.74) is 3.76. The van der Waals surface area contributed by atoms with Gasteiger partial charge in [-0.15, -0.1) is 0 Å². The lowest BCUT2D eigenvalue weighted by molar-refractivity contribution is -0.126. The van der Waals surface area contributed by atoms with Gasteiger partial charge in [-0.25, -0.2) is 14.8 Å². The minimum atomic E-state index is -0.405. The van der Waals surface area contributed by atoms with Crippen molar-refractivity contribution >= 4 is 34.2 Å². The van der Waals surface area contributed by atoms with Gasteiger partial charge in [0.05, 0.1) is 26.5 Å². The molecule has 2 aliphatic rings. The van der Waals surface area contributed by atoms with Crippen LogP contribution in [-0.2, 0) is 17.8 Å². The van der Waals surface area contributed by atoms with Crippen molar-refractivity contribution in [3.05, 3.63) is 16.6 Å². The fraction of sp³-hybridized carbons (Fsp3) is 0.571. The lowest BCUT2D eigenvalue weighted by Crippen LogP contribution is -2.53. The average Bonchev–Trinajstić information content (AvgIpc) is 3.43. The Kier molecular flexibility index (Phi) is 7.32. The quantitative estimate of drug-likeness (QED) is 0.528. The number of anilines is 2. The largest absolute Gasteiger partial charge is 0.481 e. The molecule has 0 aromatic carbocycles. The normalized spacial score (nSPS) is 17.9. The maximum absolute atomic E-state index is 12.6. The van der Waals surface area contributed by atoms with Crippen molar-refractivity contribution in [2.45, 2.75) is 51.7 Å². The number of aromatic nitrogens is 3. The first-order chi connectivity index (χ1) is 16.4. The van der Waals surface area contributed by atoms with E-state index in [1.165, 1.54) is 18.4 Å². The van der Waals surface area contributed by atoms with Gasteiger partial charge in [0.15, 0.2) is 5.13 Å². The molecule has 4 heterocycles. The molecular formula is C21H30N8O4S. The number of rotatable bonds is 7. The highest BCUT2D eigenvalue weighted by Crippen LogP contribution is 2.31. The van der Waals surface area contributed by atoms with Gasteiger partial charge in [0.25, 0.3) is 0 Å². The summed E-state index contributed by atoms with van der Waals surface area (Å²) in [6.07, 6.45) is 2.27. The van der Waals surface area contributed by atoms with E-state index in [2.05, 4.69) is 35.9 Å². The summed E-state index contributed by atoms with van der Waals surface area (Å²) in [5.74, 6) is 1.06. The number of fused-ring (bicyclic) bond motifs is 1. The number of thiazole rings is 1. The van der Waals surface area contributed by atoms with Gasteiger partial charge in [-0.05, 0) is 26.7 Å². The highest BCUT2D eigenvalue weighted by atomic mass is 32.1. The van der Waals surface area contributed by atoms with Crippen LogP contribution in [0.3, 0.4) is 0 Å². The summed E-state index contributed by atoms with van der Waals surface area (Å²) < 4.78 is 10.4. The minimum Gasteiger partial charge on any atom is -0.481 e. The number of hydrogen-bond acceptors (Lipinski definition) is 10. The molecule has 1 saturated heterocycles. The zero-order valence-corrected chi connectivity index (χ0v) is 20.6. The van der Waals surface area contributed by atoms with Crippen LogP contribution in [0.15, 0.2) is 6.07 Å². The summed E-state index contributed by atoms with van der Waals surface area (Å²) in [5, 5.41) is 7.94. The molecule has 34 heavy (non-hydrogen) atoms. The number of hydrazine groups is 1. The van der Waals surface area contributed by atoms with E-state index in [1.807, 2.05) is 13.8 Å². The van der Waals surface area contributed by atoms with Crippen molar-refractivity contribution in [1.29, 1.82) is 0 Å². The van der Waals surface area contributed by atoms with Crippen molar-refractivity contribution in [3.8, 4) is 11.9 Å². The van der Waals surface area contributed by atoms with E-state index in [-0.39, 0.29) is 24.0 Å². The second-order valence-corrected chi connectivity index (χ2v) is 9.48. The van der Waals surface area contributed by atoms with Crippen LogP contribution in [0.1, 0.15) is 37.3 Å². The van der Waals surface area contributed by atoms with Crippen LogP contribution in [0.2, 0.25) is 0 Å². The summed E-state index contributed by atoms with van der Waals surface area (Å²) in [6, 6.07) is 1.29. The minimum absolute atomic E-state index is 0.0505. The lowest BCUT2D eigenvalue weighted by atomic mass is 10.2. The second-order valence-electron chi connectivity index (χ2n) is 8.40. The summed E-state index contributed by atoms with van der Waals surface area (Å²) in [7, 11) is 3.06. The first kappa shape index (κ1) is 24.0. The molecule has 3 N–H and O–H groups in total. The Labute approximate surface area is 202 Å². The molecule has 184 valence electrons. The van der Waals surface area contributed by atoms with Gasteiger partial charge in [-0.3, -0.25) is 15.5 Å². The fourth-order valence-electron chi connectivity index (χ4n) is 4.00. The van der Waals surface area contributed by atoms with Gasteiger partial charge >= 0.3 is 12.0 Å². The summed E-state index contributed by atoms with van der Waals surface area (Å²) >= 11 is 1.43. The fourth-order valence-corrected chi connectivity index (χ4v) is 5.02. The number of nitrogens with one attached hydrogen (secondary N) is 3. The number of hydrogen-bond donors (Lipinski definition) is 3. The molecule has 2 aromatic rings. The molecule has 0 radical (unpaired) electrons. The Morgan fingerprint density at radius 2 is 2.00 bits per heavy atom. The highest BCUT2D eigenvalue weighted by Gasteiger charge is 2.32. The SMILES string of the molecule is COc1cc(N2CCc3nc(NC(=O)NN4CCC[C@H]4C(=O)NC(C)C)sc3C2)nc(OC)n1. The summed E-state index contributed by atoms with van der Waals surface area (Å²) in [6.45, 7) is 5.77. The second kappa shape index (κ2) is 10.4. The van der Waals surface area contributed by atoms with Crippen LogP contribution in [0.4, 0.5) is 15.7 Å². The van der Waals surface area contributed by atoms with Gasteiger partial charge in [-0.1, -0.05) is 11.3 Å². The molecule has 0 aliphatic carbocycles. The topological polar surface area (TPSA) is 134 Å². The van der Waals surface area contributed by atoms with Crippen LogP contribution in [0.25, 0.3) is 0 Å². The molecule has 0 spiro atoms. The van der Waals surface area contributed by atoms with Crippen molar-refractivity contribution in [2.75, 3.05) is 37.5 Å². The van der Waals surface area contributed by atoms with E-state index in [4.69, 9.17) is 9.47 Å². The Morgan fingerprint density at radius 3 is 2.74 bits per heavy atom. The van der Waals surface area contributed by atoms with E-state index >= 15 is 0 Å². The lowest BCUT2D eigenvalue weighted by Gasteiger charge is -2.27. The molecule has 12 nitrogen and oxygen atoms in total. The molecule has 4 rings (SSSR count). The van der Waals surface area contributed by atoms with Gasteiger partial charge in [0, 0.05) is 36.5 Å². The van der Waals surface area contributed by atoms with Gasteiger partial charge in [0.2, 0.25) is 11.8 Å². The van der Waals surface area contributed by atoms with E-state index in [9.17, 15) is 9.59 Å². The van der Waals surface area contributed by atoms with Crippen LogP contribution in [0.5, 0.6) is 11.9 Å². The number of carbonyl (C=O) groups is 2. The van der Waals surface area contributed by atoms with Crippen LogP contribution in [-0.4, -0.2) is 71.3 Å². The predicted molar refractivity (Wildman–Crippen MR) is 127 cm³/mol. The first-order valence-electron chi connectivity index (χ1n) is 11.2. The number of amides is 3. The van der Waals surface area contributed by atoms with Crippen molar-refractivity contribution < 1.29 is 19.1 Å². The Hall–Kier alpha value is -3.19. The van der Waals surface area contributed by atoms with Crippen molar-refractivity contribution in [1.82, 2.24) is 30.7 Å². The molecule has 2 aliphatic heterocycles. The predicted octanol–water partition coefficient (Wildman–Crippen LogP) is 1.54. The smallest absolute Gasteiger partial charge is 0.335 e. The molecule has 1 atom stereocenters. The molecule has 0 saturated carbocycles. The van der Waals surface area contributed by atoms with Gasteiger partial charge in [0.1, 0.15) is 11.9 Å².